The monoisotopic (exact) mass is 518 g/mol. The van der Waals surface area contributed by atoms with Crippen LogP contribution in [0.1, 0.15) is 66.8 Å². The maximum Gasteiger partial charge on any atom is 0.212 e. The average molecular weight is 519 g/mol. The van der Waals surface area contributed by atoms with Gasteiger partial charge in [0.15, 0.2) is 10.3 Å². The number of carbonyl (C=O) groups is 1. The molecule has 0 bridgehead atoms. The number of thiazole rings is 1. The highest BCUT2D eigenvalue weighted by molar-refractivity contribution is 7.97. The molecular formula is C23H33ClF2N4OS2. The Balaban J connectivity index is 0.000000569. The minimum Gasteiger partial charge on any atom is -0.359 e. The van der Waals surface area contributed by atoms with Crippen LogP contribution < -0.4 is 10.5 Å². The van der Waals surface area contributed by atoms with E-state index < -0.39 is 23.0 Å². The summed E-state index contributed by atoms with van der Waals surface area (Å²) in [5.41, 5.74) is -0.131. The van der Waals surface area contributed by atoms with Crippen molar-refractivity contribution in [3.8, 4) is 0 Å². The van der Waals surface area contributed by atoms with Crippen LogP contribution in [0.3, 0.4) is 0 Å². The van der Waals surface area contributed by atoms with Gasteiger partial charge >= 0.3 is 0 Å². The van der Waals surface area contributed by atoms with Crippen molar-refractivity contribution in [3.05, 3.63) is 44.9 Å². The van der Waals surface area contributed by atoms with E-state index in [-0.39, 0.29) is 10.0 Å². The van der Waals surface area contributed by atoms with E-state index in [2.05, 4.69) is 24.1 Å². The van der Waals surface area contributed by atoms with Gasteiger partial charge in [0.05, 0.1) is 5.56 Å². The summed E-state index contributed by atoms with van der Waals surface area (Å²) in [4.78, 5) is 18.7. The normalized spacial score (nSPS) is 14.4. The van der Waals surface area contributed by atoms with Gasteiger partial charge < -0.3 is 10.2 Å². The fraction of sp³-hybridized carbons (Fsp3) is 0.565. The Hall–Kier alpha value is -1.26. The van der Waals surface area contributed by atoms with E-state index in [1.54, 1.807) is 19.0 Å². The van der Waals surface area contributed by atoms with Gasteiger partial charge in [-0.1, -0.05) is 68.0 Å². The fourth-order valence-electron chi connectivity index (χ4n) is 3.53. The van der Waals surface area contributed by atoms with Crippen molar-refractivity contribution in [3.63, 3.8) is 0 Å². The molecule has 2 aromatic rings. The molecular weight excluding hydrogens is 486 g/mol. The lowest BCUT2D eigenvalue weighted by atomic mass is 9.96. The Kier molecular flexibility index (Phi) is 11.5. The summed E-state index contributed by atoms with van der Waals surface area (Å²) in [5.74, 6) is -0.744. The van der Waals surface area contributed by atoms with E-state index in [1.165, 1.54) is 30.5 Å². The first-order chi connectivity index (χ1) is 15.6. The number of carbonyl (C=O) groups excluding carboxylic acids is 1. The lowest BCUT2D eigenvalue weighted by molar-refractivity contribution is 0.103. The van der Waals surface area contributed by atoms with Crippen molar-refractivity contribution in [2.24, 2.45) is 11.1 Å². The summed E-state index contributed by atoms with van der Waals surface area (Å²) in [6.07, 6.45) is 5.60. The van der Waals surface area contributed by atoms with Crippen molar-refractivity contribution in [1.29, 1.82) is 0 Å². The highest BCUT2D eigenvalue weighted by atomic mass is 35.5. The number of nitrogens with one attached hydrogen (secondary N) is 1. The number of anilines is 1. The Bertz CT molecular complexity index is 895. The zero-order chi connectivity index (χ0) is 24.5. The summed E-state index contributed by atoms with van der Waals surface area (Å²) in [7, 11) is 3.60. The molecule has 184 valence electrons. The first-order valence-corrected chi connectivity index (χ1v) is 13.3. The van der Waals surface area contributed by atoms with E-state index in [0.717, 1.165) is 48.7 Å². The zero-order valence-electron chi connectivity index (χ0n) is 19.6. The maximum atomic E-state index is 14.5. The number of ketones is 1. The number of aromatic nitrogens is 1. The Labute approximate surface area is 208 Å². The molecule has 3 N–H and O–H groups in total. The van der Waals surface area contributed by atoms with E-state index in [4.69, 9.17) is 16.7 Å². The Morgan fingerprint density at radius 3 is 2.36 bits per heavy atom. The molecule has 1 saturated carbocycles. The van der Waals surface area contributed by atoms with Crippen LogP contribution in [0.5, 0.6) is 0 Å². The van der Waals surface area contributed by atoms with E-state index in [1.807, 2.05) is 0 Å². The maximum absolute atomic E-state index is 14.5. The van der Waals surface area contributed by atoms with Gasteiger partial charge in [-0.05, 0) is 50.6 Å². The van der Waals surface area contributed by atoms with Crippen molar-refractivity contribution >= 4 is 45.8 Å². The summed E-state index contributed by atoms with van der Waals surface area (Å²) in [6, 6.07) is 2.67. The third kappa shape index (κ3) is 8.79. The Morgan fingerprint density at radius 1 is 1.27 bits per heavy atom. The van der Waals surface area contributed by atoms with Crippen molar-refractivity contribution in [2.45, 2.75) is 58.5 Å². The van der Waals surface area contributed by atoms with E-state index in [0.29, 0.717) is 23.3 Å². The van der Waals surface area contributed by atoms with Crippen LogP contribution in [0.2, 0.25) is 5.15 Å². The molecule has 1 heterocycles. The average Bonchev–Trinajstić information content (AvgIpc) is 3.08. The van der Waals surface area contributed by atoms with Crippen LogP contribution in [-0.4, -0.2) is 41.6 Å². The second-order valence-corrected chi connectivity index (χ2v) is 10.9. The SMILES string of the molecule is CC(C)CSN.CN(C)Cc1cc(F)c(C(=O)c2sc(NC3CCCCC3)nc2Cl)c(F)c1. The quantitative estimate of drug-likeness (QED) is 0.313. The van der Waals surface area contributed by atoms with Crippen molar-refractivity contribution in [1.82, 2.24) is 9.88 Å². The molecule has 5 nitrogen and oxygen atoms in total. The largest absolute Gasteiger partial charge is 0.359 e. The van der Waals surface area contributed by atoms with Crippen molar-refractivity contribution < 1.29 is 13.6 Å². The number of hydrogen-bond donors (Lipinski definition) is 2. The highest BCUT2D eigenvalue weighted by Crippen LogP contribution is 2.32. The minimum absolute atomic E-state index is 0.0283. The fourth-order valence-corrected chi connectivity index (χ4v) is 5.13. The molecule has 3 rings (SSSR count). The summed E-state index contributed by atoms with van der Waals surface area (Å²) in [5, 5.41) is 8.92. The molecule has 0 atom stereocenters. The molecule has 1 aliphatic rings. The number of halogens is 3. The number of rotatable bonds is 8. The first-order valence-electron chi connectivity index (χ1n) is 11.0. The summed E-state index contributed by atoms with van der Waals surface area (Å²) < 4.78 is 28.9. The van der Waals surface area contributed by atoms with Gasteiger partial charge in [0.1, 0.15) is 16.5 Å². The van der Waals surface area contributed by atoms with Crippen LogP contribution in [0.4, 0.5) is 13.9 Å². The molecule has 0 saturated heterocycles. The van der Waals surface area contributed by atoms with Gasteiger partial charge in [0.25, 0.3) is 0 Å². The molecule has 0 amide bonds. The molecule has 1 aliphatic carbocycles. The molecule has 10 heteroatoms. The van der Waals surface area contributed by atoms with Crippen molar-refractivity contribution in [2.75, 3.05) is 25.2 Å². The first kappa shape index (κ1) is 28.0. The third-order valence-corrected chi connectivity index (χ3v) is 7.21. The highest BCUT2D eigenvalue weighted by Gasteiger charge is 2.26. The molecule has 0 radical (unpaired) electrons. The van der Waals surface area contributed by atoms with Gasteiger partial charge in [-0.2, -0.15) is 0 Å². The standard InChI is InChI=1S/C19H22ClF2N3OS.C4H11NS/c1-25(2)10-11-8-13(21)15(14(22)9-11)16(26)17-18(20)24-19(27-17)23-12-6-4-3-5-7-12;1-4(2)3-6-5/h8-9,12H,3-7,10H2,1-2H3,(H,23,24);4H,3,5H2,1-2H3. The van der Waals surface area contributed by atoms with Gasteiger partial charge in [-0.25, -0.2) is 13.8 Å². The van der Waals surface area contributed by atoms with E-state index >= 15 is 0 Å². The topological polar surface area (TPSA) is 71.2 Å². The van der Waals surface area contributed by atoms with Gasteiger partial charge in [0, 0.05) is 18.3 Å². The smallest absolute Gasteiger partial charge is 0.212 e. The number of nitrogens with two attached hydrogens (primary N) is 1. The second kappa shape index (κ2) is 13.6. The molecule has 33 heavy (non-hydrogen) atoms. The molecule has 0 spiro atoms. The third-order valence-electron chi connectivity index (χ3n) is 4.98. The lowest BCUT2D eigenvalue weighted by Crippen LogP contribution is -2.21. The molecule has 1 aromatic heterocycles. The van der Waals surface area contributed by atoms with Crippen LogP contribution in [0.25, 0.3) is 0 Å². The second-order valence-electron chi connectivity index (χ2n) is 8.85. The number of hydrogen-bond acceptors (Lipinski definition) is 7. The van der Waals surface area contributed by atoms with Gasteiger partial charge in [-0.15, -0.1) is 0 Å². The van der Waals surface area contributed by atoms with Gasteiger partial charge in [0.2, 0.25) is 5.78 Å². The van der Waals surface area contributed by atoms with Crippen LogP contribution >= 0.6 is 34.9 Å². The molecule has 0 aliphatic heterocycles. The minimum atomic E-state index is -0.886. The van der Waals surface area contributed by atoms with E-state index in [9.17, 15) is 13.6 Å². The predicted molar refractivity (Wildman–Crippen MR) is 136 cm³/mol. The molecule has 1 fully saturated rings. The summed E-state index contributed by atoms with van der Waals surface area (Å²) >= 11 is 8.55. The predicted octanol–water partition coefficient (Wildman–Crippen LogP) is 6.36. The van der Waals surface area contributed by atoms with Gasteiger partial charge in [-0.3, -0.25) is 9.93 Å². The number of nitrogens with zero attached hydrogens (tertiary/aromatic N) is 2. The number of benzene rings is 1. The summed E-state index contributed by atoms with van der Waals surface area (Å²) in [6.45, 7) is 4.68. The van der Waals surface area contributed by atoms with Crippen LogP contribution in [-0.2, 0) is 6.54 Å². The molecule has 1 aromatic carbocycles. The molecule has 0 unspecified atom stereocenters. The van der Waals surface area contributed by atoms with Crippen LogP contribution in [0, 0.1) is 17.6 Å². The lowest BCUT2D eigenvalue weighted by Gasteiger charge is -2.22. The van der Waals surface area contributed by atoms with Crippen LogP contribution in [0.15, 0.2) is 12.1 Å². The zero-order valence-corrected chi connectivity index (χ0v) is 22.0. The Morgan fingerprint density at radius 2 is 1.88 bits per heavy atom.